The molecule has 90 valence electrons. The molecular weight excluding hydrogens is 240 g/mol. The lowest BCUT2D eigenvalue weighted by molar-refractivity contribution is 0.555. The molecule has 0 aliphatic heterocycles. The number of hydrogen-bond acceptors (Lipinski definition) is 4. The predicted octanol–water partition coefficient (Wildman–Crippen LogP) is 1.29. The fourth-order valence-corrected chi connectivity index (χ4v) is 2.45. The summed E-state index contributed by atoms with van der Waals surface area (Å²) in [4.78, 5) is 3.83. The first-order valence-corrected chi connectivity index (χ1v) is 6.69. The molecule has 1 heterocycles. The highest BCUT2D eigenvalue weighted by atomic mass is 32.2. The van der Waals surface area contributed by atoms with Crippen molar-refractivity contribution in [1.82, 2.24) is 9.71 Å². The molecular formula is C11H12N2O3S. The summed E-state index contributed by atoms with van der Waals surface area (Å²) >= 11 is 0. The normalized spacial score (nSPS) is 11.5. The van der Waals surface area contributed by atoms with Gasteiger partial charge in [0.25, 0.3) is 0 Å². The number of nitrogens with zero attached hydrogens (tertiary/aromatic N) is 1. The monoisotopic (exact) mass is 252 g/mol. The fraction of sp³-hybridized carbons (Fsp3) is 0.182. The van der Waals surface area contributed by atoms with Gasteiger partial charge >= 0.3 is 0 Å². The van der Waals surface area contributed by atoms with E-state index in [1.807, 2.05) is 18.2 Å². The Balaban J connectivity index is 1.96. The van der Waals surface area contributed by atoms with E-state index in [0.29, 0.717) is 5.69 Å². The summed E-state index contributed by atoms with van der Waals surface area (Å²) in [6, 6.07) is 9.01. The molecule has 0 aliphatic rings. The average Bonchev–Trinajstić information content (AvgIpc) is 2.80. The molecule has 0 spiro atoms. The number of oxazole rings is 1. The van der Waals surface area contributed by atoms with E-state index in [1.54, 1.807) is 12.1 Å². The Labute approximate surface area is 99.5 Å². The zero-order valence-electron chi connectivity index (χ0n) is 9.04. The summed E-state index contributed by atoms with van der Waals surface area (Å²) in [7, 11) is -3.34. The van der Waals surface area contributed by atoms with Gasteiger partial charge in [0.2, 0.25) is 10.0 Å². The van der Waals surface area contributed by atoms with Gasteiger partial charge in [0.15, 0.2) is 6.39 Å². The van der Waals surface area contributed by atoms with Crippen molar-refractivity contribution in [3.05, 3.63) is 54.2 Å². The third-order valence-electron chi connectivity index (χ3n) is 2.16. The highest BCUT2D eigenvalue weighted by molar-refractivity contribution is 7.88. The minimum atomic E-state index is -3.34. The summed E-state index contributed by atoms with van der Waals surface area (Å²) in [5, 5.41) is 0. The summed E-state index contributed by atoms with van der Waals surface area (Å²) in [5.74, 6) is -0.0360. The lowest BCUT2D eigenvalue weighted by Crippen LogP contribution is -2.24. The Morgan fingerprint density at radius 2 is 2.00 bits per heavy atom. The van der Waals surface area contributed by atoms with Crippen molar-refractivity contribution in [2.45, 2.75) is 12.3 Å². The van der Waals surface area contributed by atoms with Gasteiger partial charge in [-0.2, -0.15) is 0 Å². The Hall–Kier alpha value is -1.66. The maximum atomic E-state index is 11.7. The maximum Gasteiger partial charge on any atom is 0.216 e. The van der Waals surface area contributed by atoms with Crippen molar-refractivity contribution >= 4 is 10.0 Å². The minimum Gasteiger partial charge on any atom is -0.451 e. The Morgan fingerprint density at radius 3 is 2.65 bits per heavy atom. The molecule has 1 aromatic carbocycles. The van der Waals surface area contributed by atoms with Crippen LogP contribution in [0.3, 0.4) is 0 Å². The van der Waals surface area contributed by atoms with E-state index >= 15 is 0 Å². The topological polar surface area (TPSA) is 72.2 Å². The molecule has 0 fully saturated rings. The summed E-state index contributed by atoms with van der Waals surface area (Å²) in [6.07, 6.45) is 2.67. The lowest BCUT2D eigenvalue weighted by atomic mass is 10.2. The van der Waals surface area contributed by atoms with Crippen LogP contribution in [0, 0.1) is 0 Å². The van der Waals surface area contributed by atoms with E-state index in [4.69, 9.17) is 4.42 Å². The van der Waals surface area contributed by atoms with E-state index in [2.05, 4.69) is 9.71 Å². The van der Waals surface area contributed by atoms with Crippen LogP contribution >= 0.6 is 0 Å². The number of benzene rings is 1. The Bertz CT molecular complexity index is 550. The summed E-state index contributed by atoms with van der Waals surface area (Å²) in [5.41, 5.74) is 1.31. The molecule has 0 aliphatic carbocycles. The van der Waals surface area contributed by atoms with E-state index < -0.39 is 10.0 Å². The van der Waals surface area contributed by atoms with Gasteiger partial charge in [0.1, 0.15) is 6.26 Å². The van der Waals surface area contributed by atoms with Gasteiger partial charge in [-0.25, -0.2) is 18.1 Å². The van der Waals surface area contributed by atoms with Crippen molar-refractivity contribution in [3.8, 4) is 0 Å². The van der Waals surface area contributed by atoms with E-state index in [-0.39, 0.29) is 12.3 Å². The summed E-state index contributed by atoms with van der Waals surface area (Å²) in [6.45, 7) is 0.145. The van der Waals surface area contributed by atoms with E-state index in [1.165, 1.54) is 12.7 Å². The Morgan fingerprint density at radius 1 is 1.24 bits per heavy atom. The van der Waals surface area contributed by atoms with Crippen molar-refractivity contribution in [3.63, 3.8) is 0 Å². The molecule has 2 aromatic rings. The number of aromatic nitrogens is 1. The molecule has 0 saturated heterocycles. The second-order valence-electron chi connectivity index (χ2n) is 3.55. The first-order valence-electron chi connectivity index (χ1n) is 5.04. The third-order valence-corrected chi connectivity index (χ3v) is 3.45. The van der Waals surface area contributed by atoms with Crippen LogP contribution in [-0.4, -0.2) is 13.4 Å². The largest absolute Gasteiger partial charge is 0.451 e. The first-order chi connectivity index (χ1) is 8.16. The van der Waals surface area contributed by atoms with Crippen LogP contribution < -0.4 is 4.72 Å². The molecule has 0 unspecified atom stereocenters. The summed E-state index contributed by atoms with van der Waals surface area (Å²) < 4.78 is 30.7. The van der Waals surface area contributed by atoms with E-state index in [9.17, 15) is 8.42 Å². The van der Waals surface area contributed by atoms with Crippen LogP contribution in [0.1, 0.15) is 11.3 Å². The first kappa shape index (κ1) is 11.8. The van der Waals surface area contributed by atoms with Crippen molar-refractivity contribution in [2.75, 3.05) is 0 Å². The minimum absolute atomic E-state index is 0.0360. The van der Waals surface area contributed by atoms with Crippen molar-refractivity contribution in [2.24, 2.45) is 0 Å². The van der Waals surface area contributed by atoms with Crippen LogP contribution in [0.25, 0.3) is 0 Å². The number of hydrogen-bond donors (Lipinski definition) is 1. The lowest BCUT2D eigenvalue weighted by Gasteiger charge is -2.04. The molecule has 0 bridgehead atoms. The van der Waals surface area contributed by atoms with Crippen LogP contribution in [-0.2, 0) is 22.3 Å². The molecule has 5 nitrogen and oxygen atoms in total. The van der Waals surface area contributed by atoms with Gasteiger partial charge in [-0.15, -0.1) is 0 Å². The molecule has 0 radical (unpaired) electrons. The molecule has 1 N–H and O–H groups in total. The van der Waals surface area contributed by atoms with Crippen molar-refractivity contribution in [1.29, 1.82) is 0 Å². The molecule has 0 saturated carbocycles. The maximum absolute atomic E-state index is 11.7. The number of nitrogens with one attached hydrogen (secondary N) is 1. The van der Waals surface area contributed by atoms with E-state index in [0.717, 1.165) is 5.56 Å². The highest BCUT2D eigenvalue weighted by Crippen LogP contribution is 2.04. The quantitative estimate of drug-likeness (QED) is 0.870. The van der Waals surface area contributed by atoms with Gasteiger partial charge in [0.05, 0.1) is 18.0 Å². The molecule has 2 rings (SSSR count). The average molecular weight is 252 g/mol. The Kier molecular flexibility index (Phi) is 3.55. The fourth-order valence-electron chi connectivity index (χ4n) is 1.35. The number of sulfonamides is 1. The number of rotatable bonds is 5. The molecule has 0 amide bonds. The smallest absolute Gasteiger partial charge is 0.216 e. The van der Waals surface area contributed by atoms with Crippen molar-refractivity contribution < 1.29 is 12.8 Å². The highest BCUT2D eigenvalue weighted by Gasteiger charge is 2.11. The van der Waals surface area contributed by atoms with Crippen LogP contribution in [0.4, 0.5) is 0 Å². The SMILES string of the molecule is O=S(=O)(Cc1ccccc1)NCc1cocn1. The van der Waals surface area contributed by atoms with Gasteiger partial charge in [-0.3, -0.25) is 0 Å². The van der Waals surface area contributed by atoms with Crippen LogP contribution in [0.5, 0.6) is 0 Å². The second-order valence-corrected chi connectivity index (χ2v) is 5.35. The second kappa shape index (κ2) is 5.11. The molecule has 1 aromatic heterocycles. The van der Waals surface area contributed by atoms with Gasteiger partial charge in [-0.1, -0.05) is 30.3 Å². The standard InChI is InChI=1S/C11H12N2O3S/c14-17(15,8-10-4-2-1-3-5-10)13-6-11-7-16-9-12-11/h1-5,7,9,13H,6,8H2. The van der Waals surface area contributed by atoms with Gasteiger partial charge in [0, 0.05) is 0 Å². The third kappa shape index (κ3) is 3.69. The molecule has 6 heteroatoms. The molecule has 17 heavy (non-hydrogen) atoms. The zero-order valence-corrected chi connectivity index (χ0v) is 9.85. The van der Waals surface area contributed by atoms with Gasteiger partial charge in [-0.05, 0) is 5.56 Å². The van der Waals surface area contributed by atoms with Crippen LogP contribution in [0.2, 0.25) is 0 Å². The predicted molar refractivity (Wildman–Crippen MR) is 62.4 cm³/mol. The molecule has 0 atom stereocenters. The zero-order chi connectivity index (χ0) is 12.1. The van der Waals surface area contributed by atoms with Crippen LogP contribution in [0.15, 0.2) is 47.4 Å². The van der Waals surface area contributed by atoms with Gasteiger partial charge < -0.3 is 4.42 Å².